The zero-order chi connectivity index (χ0) is 18.7. The summed E-state index contributed by atoms with van der Waals surface area (Å²) in [6, 6.07) is 5.64. The summed E-state index contributed by atoms with van der Waals surface area (Å²) in [6.45, 7) is 7.75. The molecule has 0 spiro atoms. The molecule has 1 fully saturated rings. The van der Waals surface area contributed by atoms with Gasteiger partial charge in [-0.1, -0.05) is 6.07 Å². The van der Waals surface area contributed by atoms with E-state index in [2.05, 4.69) is 15.5 Å². The third kappa shape index (κ3) is 4.66. The predicted octanol–water partition coefficient (Wildman–Crippen LogP) is 2.22. The van der Waals surface area contributed by atoms with Crippen LogP contribution >= 0.6 is 0 Å². The Morgan fingerprint density at radius 2 is 1.92 bits per heavy atom. The third-order valence-corrected chi connectivity index (χ3v) is 4.40. The first-order valence-corrected chi connectivity index (χ1v) is 9.07. The molecule has 0 saturated carbocycles. The van der Waals surface area contributed by atoms with Gasteiger partial charge >= 0.3 is 6.03 Å². The van der Waals surface area contributed by atoms with Crippen molar-refractivity contribution in [2.45, 2.75) is 45.2 Å². The average Bonchev–Trinajstić information content (AvgIpc) is 3.00. The molecule has 2 aliphatic heterocycles. The lowest BCUT2D eigenvalue weighted by atomic mass is 10.0. The average molecular weight is 361 g/mol. The van der Waals surface area contributed by atoms with Gasteiger partial charge in [0.25, 0.3) is 0 Å². The van der Waals surface area contributed by atoms with Crippen molar-refractivity contribution in [2.24, 2.45) is 0 Å². The van der Waals surface area contributed by atoms with Crippen LogP contribution in [0.4, 0.5) is 4.79 Å². The molecule has 3 rings (SSSR count). The summed E-state index contributed by atoms with van der Waals surface area (Å²) in [5.74, 6) is 1.23. The summed E-state index contributed by atoms with van der Waals surface area (Å²) in [4.78, 5) is 26.2. The lowest BCUT2D eigenvalue weighted by Gasteiger charge is -2.26. The highest BCUT2D eigenvalue weighted by Crippen LogP contribution is 2.37. The minimum absolute atomic E-state index is 0.141. The largest absolute Gasteiger partial charge is 0.486 e. The van der Waals surface area contributed by atoms with E-state index in [9.17, 15) is 9.59 Å². The van der Waals surface area contributed by atoms with E-state index in [4.69, 9.17) is 9.47 Å². The topological polar surface area (TPSA) is 79.9 Å². The molecule has 26 heavy (non-hydrogen) atoms. The van der Waals surface area contributed by atoms with E-state index < -0.39 is 6.03 Å². The summed E-state index contributed by atoms with van der Waals surface area (Å²) in [5.41, 5.74) is 0.727. The van der Waals surface area contributed by atoms with Crippen LogP contribution in [0.1, 0.15) is 45.2 Å². The van der Waals surface area contributed by atoms with Crippen molar-refractivity contribution in [2.75, 3.05) is 26.3 Å². The minimum atomic E-state index is -0.461. The SMILES string of the molecule is CC(C)(C)NC(=O)NC(=O)CN1CCC[C@H]1c1ccc2c(c1)OCCO2. The fraction of sp³-hybridized carbons (Fsp3) is 0.579. The molecule has 142 valence electrons. The minimum Gasteiger partial charge on any atom is -0.486 e. The standard InChI is InChI=1S/C19H27N3O4/c1-19(2,3)21-18(24)20-17(23)12-22-8-4-5-14(22)13-6-7-15-16(11-13)26-10-9-25-15/h6-7,11,14H,4-5,8-10,12H2,1-3H3,(H2,20,21,23,24)/t14-/m0/s1. The second-order valence-electron chi connectivity index (χ2n) is 7.78. The molecule has 1 aromatic rings. The number of imide groups is 1. The molecule has 0 aromatic heterocycles. The molecular formula is C19H27N3O4. The van der Waals surface area contributed by atoms with Gasteiger partial charge in [0.15, 0.2) is 11.5 Å². The quantitative estimate of drug-likeness (QED) is 0.863. The van der Waals surface area contributed by atoms with Crippen molar-refractivity contribution in [3.05, 3.63) is 23.8 Å². The second-order valence-corrected chi connectivity index (χ2v) is 7.78. The summed E-state index contributed by atoms with van der Waals surface area (Å²) < 4.78 is 11.2. The maximum absolute atomic E-state index is 12.2. The Bertz CT molecular complexity index is 684. The van der Waals surface area contributed by atoms with Crippen LogP contribution in [0.5, 0.6) is 11.5 Å². The molecule has 1 saturated heterocycles. The van der Waals surface area contributed by atoms with E-state index in [1.807, 2.05) is 39.0 Å². The lowest BCUT2D eigenvalue weighted by molar-refractivity contribution is -0.121. The number of nitrogens with one attached hydrogen (secondary N) is 2. The number of likely N-dealkylation sites (tertiary alicyclic amines) is 1. The number of hydrogen-bond donors (Lipinski definition) is 2. The maximum Gasteiger partial charge on any atom is 0.321 e. The van der Waals surface area contributed by atoms with Crippen LogP contribution in [0.15, 0.2) is 18.2 Å². The zero-order valence-corrected chi connectivity index (χ0v) is 15.6. The van der Waals surface area contributed by atoms with Gasteiger partial charge in [0, 0.05) is 11.6 Å². The Balaban J connectivity index is 1.61. The number of hydrogen-bond acceptors (Lipinski definition) is 5. The van der Waals surface area contributed by atoms with E-state index in [0.29, 0.717) is 13.2 Å². The summed E-state index contributed by atoms with van der Waals surface area (Å²) >= 11 is 0. The van der Waals surface area contributed by atoms with Crippen LogP contribution in [0.25, 0.3) is 0 Å². The monoisotopic (exact) mass is 361 g/mol. The van der Waals surface area contributed by atoms with Crippen molar-refractivity contribution in [1.82, 2.24) is 15.5 Å². The van der Waals surface area contributed by atoms with E-state index >= 15 is 0 Å². The van der Waals surface area contributed by atoms with Gasteiger partial charge in [-0.15, -0.1) is 0 Å². The Labute approximate surface area is 154 Å². The molecule has 3 amide bonds. The van der Waals surface area contributed by atoms with Crippen molar-refractivity contribution in [3.8, 4) is 11.5 Å². The maximum atomic E-state index is 12.2. The zero-order valence-electron chi connectivity index (χ0n) is 15.6. The van der Waals surface area contributed by atoms with Crippen LogP contribution < -0.4 is 20.1 Å². The molecule has 7 nitrogen and oxygen atoms in total. The fourth-order valence-electron chi connectivity index (χ4n) is 3.38. The molecule has 2 heterocycles. The van der Waals surface area contributed by atoms with Crippen LogP contribution in [0.2, 0.25) is 0 Å². The number of fused-ring (bicyclic) bond motifs is 1. The molecule has 0 radical (unpaired) electrons. The number of carbonyl (C=O) groups excluding carboxylic acids is 2. The summed E-state index contributed by atoms with van der Waals surface area (Å²) in [6.07, 6.45) is 1.99. The van der Waals surface area contributed by atoms with Gasteiger partial charge < -0.3 is 14.8 Å². The van der Waals surface area contributed by atoms with Gasteiger partial charge in [0.2, 0.25) is 5.91 Å². The number of nitrogens with zero attached hydrogens (tertiary/aromatic N) is 1. The number of urea groups is 1. The van der Waals surface area contributed by atoms with Crippen molar-refractivity contribution >= 4 is 11.9 Å². The van der Waals surface area contributed by atoms with Crippen molar-refractivity contribution < 1.29 is 19.1 Å². The highest BCUT2D eigenvalue weighted by molar-refractivity contribution is 5.95. The number of amides is 3. The first-order chi connectivity index (χ1) is 12.3. The molecular weight excluding hydrogens is 334 g/mol. The van der Waals surface area contributed by atoms with Crippen LogP contribution in [0.3, 0.4) is 0 Å². The first kappa shape index (κ1) is 18.5. The fourth-order valence-corrected chi connectivity index (χ4v) is 3.38. The molecule has 2 aliphatic rings. The number of benzene rings is 1. The molecule has 1 aromatic carbocycles. The van der Waals surface area contributed by atoms with Crippen molar-refractivity contribution in [1.29, 1.82) is 0 Å². The van der Waals surface area contributed by atoms with Gasteiger partial charge in [0.1, 0.15) is 13.2 Å². The Morgan fingerprint density at radius 1 is 1.19 bits per heavy atom. The Morgan fingerprint density at radius 3 is 2.65 bits per heavy atom. The van der Waals surface area contributed by atoms with E-state index in [-0.39, 0.29) is 24.0 Å². The van der Waals surface area contributed by atoms with Gasteiger partial charge in [-0.05, 0) is 57.9 Å². The van der Waals surface area contributed by atoms with E-state index in [0.717, 1.165) is 36.4 Å². The van der Waals surface area contributed by atoms with Gasteiger partial charge in [-0.3, -0.25) is 15.0 Å². The van der Waals surface area contributed by atoms with Gasteiger partial charge in [-0.2, -0.15) is 0 Å². The third-order valence-electron chi connectivity index (χ3n) is 4.40. The number of ether oxygens (including phenoxy) is 2. The highest BCUT2D eigenvalue weighted by atomic mass is 16.6. The van der Waals surface area contributed by atoms with E-state index in [1.54, 1.807) is 0 Å². The predicted molar refractivity (Wildman–Crippen MR) is 97.4 cm³/mol. The molecule has 0 aliphatic carbocycles. The van der Waals surface area contributed by atoms with Gasteiger partial charge in [-0.25, -0.2) is 4.79 Å². The molecule has 0 unspecified atom stereocenters. The normalized spacial score (nSPS) is 19.9. The Kier molecular flexibility index (Phi) is 5.36. The first-order valence-electron chi connectivity index (χ1n) is 9.07. The molecule has 7 heteroatoms. The number of carbonyl (C=O) groups is 2. The van der Waals surface area contributed by atoms with Crippen molar-refractivity contribution in [3.63, 3.8) is 0 Å². The van der Waals surface area contributed by atoms with Crippen LogP contribution in [0, 0.1) is 0 Å². The van der Waals surface area contributed by atoms with Gasteiger partial charge in [0.05, 0.1) is 6.54 Å². The second kappa shape index (κ2) is 7.53. The Hall–Kier alpha value is -2.28. The molecule has 1 atom stereocenters. The number of rotatable bonds is 3. The summed E-state index contributed by atoms with van der Waals surface area (Å²) in [7, 11) is 0. The molecule has 2 N–H and O–H groups in total. The smallest absolute Gasteiger partial charge is 0.321 e. The highest BCUT2D eigenvalue weighted by Gasteiger charge is 2.29. The van der Waals surface area contributed by atoms with Crippen LogP contribution in [-0.4, -0.2) is 48.7 Å². The van der Waals surface area contributed by atoms with E-state index in [1.165, 1.54) is 0 Å². The van der Waals surface area contributed by atoms with Crippen LogP contribution in [-0.2, 0) is 4.79 Å². The lowest BCUT2D eigenvalue weighted by Crippen LogP contribution is -2.50. The summed E-state index contributed by atoms with van der Waals surface area (Å²) in [5, 5.41) is 5.14. The molecule has 0 bridgehead atoms.